The highest BCUT2D eigenvalue weighted by Gasteiger charge is 2.62. The first-order valence-corrected chi connectivity index (χ1v) is 6.66. The molecule has 1 aliphatic rings. The smallest absolute Gasteiger partial charge is 0.255 e. The minimum absolute atomic E-state index is 0.00396. The molecule has 2 aromatic carbocycles. The quantitative estimate of drug-likeness (QED) is 0.464. The van der Waals surface area contributed by atoms with E-state index in [9.17, 15) is 4.79 Å². The van der Waals surface area contributed by atoms with Crippen molar-refractivity contribution in [2.24, 2.45) is 0 Å². The lowest BCUT2D eigenvalue weighted by molar-refractivity contribution is 0.0860. The van der Waals surface area contributed by atoms with Gasteiger partial charge in [-0.3, -0.25) is 4.79 Å². The molecule has 1 heterocycles. The molecule has 0 bridgehead atoms. The number of rotatable bonds is 2. The molecule has 2 nitrogen and oxygen atoms in total. The van der Waals surface area contributed by atoms with E-state index in [1.807, 2.05) is 67.6 Å². The zero-order chi connectivity index (χ0) is 13.5. The third kappa shape index (κ3) is 1.83. The van der Waals surface area contributed by atoms with Crippen LogP contribution >= 0.6 is 11.6 Å². The van der Waals surface area contributed by atoms with Crippen LogP contribution in [0.2, 0.25) is 0 Å². The summed E-state index contributed by atoms with van der Waals surface area (Å²) in [5.74, 6) is -0.0213. The Labute approximate surface area is 117 Å². The van der Waals surface area contributed by atoms with Gasteiger partial charge in [0, 0.05) is 5.56 Å². The Morgan fingerprint density at radius 3 is 2.16 bits per heavy atom. The van der Waals surface area contributed by atoms with E-state index < -0.39 is 5.00 Å². The summed E-state index contributed by atoms with van der Waals surface area (Å²) in [6.07, 6.45) is 0. The number of carbonyl (C=O) groups is 1. The zero-order valence-corrected chi connectivity index (χ0v) is 11.3. The molecule has 3 heteroatoms. The molecular formula is C16H14ClNO. The van der Waals surface area contributed by atoms with Crippen molar-refractivity contribution >= 4 is 17.5 Å². The lowest BCUT2D eigenvalue weighted by Gasteiger charge is -2.10. The highest BCUT2D eigenvalue weighted by Crippen LogP contribution is 2.53. The maximum absolute atomic E-state index is 12.4. The van der Waals surface area contributed by atoms with Crippen LogP contribution in [-0.2, 0) is 5.00 Å². The summed E-state index contributed by atoms with van der Waals surface area (Å²) in [7, 11) is 0. The average Bonchev–Trinajstić information content (AvgIpc) is 3.03. The van der Waals surface area contributed by atoms with Crippen molar-refractivity contribution in [2.45, 2.75) is 18.0 Å². The van der Waals surface area contributed by atoms with Crippen LogP contribution in [0.25, 0.3) is 0 Å². The van der Waals surface area contributed by atoms with E-state index >= 15 is 0 Å². The van der Waals surface area contributed by atoms with E-state index in [1.54, 1.807) is 4.90 Å². The van der Waals surface area contributed by atoms with Gasteiger partial charge in [-0.2, -0.15) is 0 Å². The molecule has 0 unspecified atom stereocenters. The van der Waals surface area contributed by atoms with Crippen molar-refractivity contribution in [3.05, 3.63) is 71.8 Å². The van der Waals surface area contributed by atoms with Crippen LogP contribution < -0.4 is 0 Å². The van der Waals surface area contributed by atoms with Gasteiger partial charge in [0.25, 0.3) is 5.91 Å². The first-order valence-electron chi connectivity index (χ1n) is 6.29. The summed E-state index contributed by atoms with van der Waals surface area (Å²) in [4.78, 5) is 13.5. The van der Waals surface area contributed by atoms with Crippen molar-refractivity contribution in [1.29, 1.82) is 0 Å². The molecule has 1 saturated heterocycles. The van der Waals surface area contributed by atoms with E-state index in [2.05, 4.69) is 0 Å². The van der Waals surface area contributed by atoms with Gasteiger partial charge in [0.05, 0.1) is 6.04 Å². The first kappa shape index (κ1) is 12.2. The Balaban J connectivity index is 1.91. The third-order valence-electron chi connectivity index (χ3n) is 3.64. The summed E-state index contributed by atoms with van der Waals surface area (Å²) in [5, 5.41) is 0. The predicted octanol–water partition coefficient (Wildman–Crippen LogP) is 3.62. The number of halogens is 1. The van der Waals surface area contributed by atoms with E-state index in [1.165, 1.54) is 0 Å². The van der Waals surface area contributed by atoms with Crippen molar-refractivity contribution in [1.82, 2.24) is 4.90 Å². The van der Waals surface area contributed by atoms with Crippen molar-refractivity contribution in [3.63, 3.8) is 0 Å². The van der Waals surface area contributed by atoms with Crippen LogP contribution in [0.5, 0.6) is 0 Å². The average molecular weight is 272 g/mol. The second kappa shape index (κ2) is 4.39. The highest BCUT2D eigenvalue weighted by molar-refractivity contribution is 6.28. The Morgan fingerprint density at radius 2 is 1.58 bits per heavy atom. The molecule has 0 spiro atoms. The molecule has 2 atom stereocenters. The number of nitrogens with zero attached hydrogens (tertiary/aromatic N) is 1. The van der Waals surface area contributed by atoms with E-state index in [0.29, 0.717) is 5.56 Å². The standard InChI is InChI=1S/C16H14ClNO/c1-12-16(17,14-10-6-3-7-11-14)18(12)15(19)13-8-4-2-5-9-13/h2-12H,1H3/t12-,16+,18?/m1/s1. The summed E-state index contributed by atoms with van der Waals surface area (Å²) >= 11 is 6.64. The molecule has 96 valence electrons. The van der Waals surface area contributed by atoms with Gasteiger partial charge in [-0.25, -0.2) is 0 Å². The number of alkyl halides is 1. The largest absolute Gasteiger partial charge is 0.307 e. The summed E-state index contributed by atoms with van der Waals surface area (Å²) in [6.45, 7) is 1.97. The van der Waals surface area contributed by atoms with Gasteiger partial charge < -0.3 is 4.90 Å². The fraction of sp³-hybridized carbons (Fsp3) is 0.188. The minimum atomic E-state index is -0.700. The fourth-order valence-electron chi connectivity index (χ4n) is 2.49. The van der Waals surface area contributed by atoms with Crippen LogP contribution in [-0.4, -0.2) is 16.8 Å². The van der Waals surface area contributed by atoms with Gasteiger partial charge in [-0.15, -0.1) is 0 Å². The van der Waals surface area contributed by atoms with Crippen LogP contribution in [0.3, 0.4) is 0 Å². The van der Waals surface area contributed by atoms with E-state index in [0.717, 1.165) is 5.56 Å². The third-order valence-corrected chi connectivity index (χ3v) is 4.36. The second-order valence-electron chi connectivity index (χ2n) is 4.76. The SMILES string of the molecule is C[C@H]1N(C(=O)c2ccccc2)[C@]1(Cl)c1ccccc1. The van der Waals surface area contributed by atoms with Crippen LogP contribution in [0, 0.1) is 0 Å². The minimum Gasteiger partial charge on any atom is -0.307 e. The zero-order valence-electron chi connectivity index (χ0n) is 10.6. The number of benzene rings is 2. The second-order valence-corrected chi connectivity index (χ2v) is 5.33. The molecule has 1 aliphatic heterocycles. The molecule has 3 rings (SSSR count). The Kier molecular flexibility index (Phi) is 2.83. The van der Waals surface area contributed by atoms with Gasteiger partial charge >= 0.3 is 0 Å². The molecule has 0 aliphatic carbocycles. The Bertz CT molecular complexity index is 599. The predicted molar refractivity (Wildman–Crippen MR) is 76.0 cm³/mol. The number of hydrogen-bond donors (Lipinski definition) is 0. The highest BCUT2D eigenvalue weighted by atomic mass is 35.5. The Hall–Kier alpha value is -1.80. The lowest BCUT2D eigenvalue weighted by Crippen LogP contribution is -2.17. The van der Waals surface area contributed by atoms with Crippen molar-refractivity contribution in [3.8, 4) is 0 Å². The van der Waals surface area contributed by atoms with Gasteiger partial charge in [0.2, 0.25) is 0 Å². The Morgan fingerprint density at radius 1 is 1.05 bits per heavy atom. The number of carbonyl (C=O) groups excluding carboxylic acids is 1. The normalized spacial score (nSPS) is 25.2. The van der Waals surface area contributed by atoms with E-state index in [-0.39, 0.29) is 11.9 Å². The summed E-state index contributed by atoms with van der Waals surface area (Å²) in [5.41, 5.74) is 1.64. The molecule has 2 aromatic rings. The van der Waals surface area contributed by atoms with Gasteiger partial charge in [-0.05, 0) is 24.6 Å². The molecule has 0 aromatic heterocycles. The van der Waals surface area contributed by atoms with Crippen molar-refractivity contribution < 1.29 is 4.79 Å². The molecule has 0 radical (unpaired) electrons. The summed E-state index contributed by atoms with van der Waals surface area (Å²) < 4.78 is 0. The topological polar surface area (TPSA) is 20.1 Å². The molecule has 0 N–H and O–H groups in total. The van der Waals surface area contributed by atoms with Crippen LogP contribution in [0.4, 0.5) is 0 Å². The molecule has 0 saturated carbocycles. The summed E-state index contributed by atoms with van der Waals surface area (Å²) in [6, 6.07) is 19.0. The monoisotopic (exact) mass is 271 g/mol. The first-order chi connectivity index (χ1) is 9.15. The maximum Gasteiger partial charge on any atom is 0.255 e. The number of hydrogen-bond acceptors (Lipinski definition) is 1. The van der Waals surface area contributed by atoms with E-state index in [4.69, 9.17) is 11.6 Å². The van der Waals surface area contributed by atoms with Crippen LogP contribution in [0.1, 0.15) is 22.8 Å². The molecular weight excluding hydrogens is 258 g/mol. The fourth-order valence-corrected chi connectivity index (χ4v) is 2.89. The van der Waals surface area contributed by atoms with Crippen LogP contribution in [0.15, 0.2) is 60.7 Å². The van der Waals surface area contributed by atoms with Gasteiger partial charge in [-0.1, -0.05) is 60.1 Å². The van der Waals surface area contributed by atoms with Gasteiger partial charge in [0.1, 0.15) is 0 Å². The molecule has 1 fully saturated rings. The number of amides is 1. The molecule has 19 heavy (non-hydrogen) atoms. The lowest BCUT2D eigenvalue weighted by atomic mass is 10.1. The maximum atomic E-state index is 12.4. The molecule has 1 amide bonds. The van der Waals surface area contributed by atoms with Gasteiger partial charge in [0.15, 0.2) is 5.00 Å². The van der Waals surface area contributed by atoms with Crippen molar-refractivity contribution in [2.75, 3.05) is 0 Å².